The van der Waals surface area contributed by atoms with Crippen molar-refractivity contribution in [2.24, 2.45) is 0 Å². The molecule has 4 rings (SSSR count). The van der Waals surface area contributed by atoms with Crippen LogP contribution in [0.4, 0.5) is 4.39 Å². The molecule has 5 nitrogen and oxygen atoms in total. The van der Waals surface area contributed by atoms with E-state index in [0.717, 1.165) is 43.5 Å². The first-order valence-corrected chi connectivity index (χ1v) is 10.8. The molecule has 1 saturated heterocycles. The number of aryl methyl sites for hydroxylation is 1. The number of aromatic nitrogens is 1. The van der Waals surface area contributed by atoms with Gasteiger partial charge in [-0.15, -0.1) is 0 Å². The molecule has 0 aliphatic carbocycles. The molecule has 1 amide bonds. The molecule has 1 atom stereocenters. The Bertz CT molecular complexity index is 1020. The van der Waals surface area contributed by atoms with E-state index in [1.54, 1.807) is 25.3 Å². The molecule has 1 aliphatic rings. The van der Waals surface area contributed by atoms with Gasteiger partial charge in [0.25, 0.3) is 0 Å². The predicted octanol–water partition coefficient (Wildman–Crippen LogP) is 5.57. The van der Waals surface area contributed by atoms with Crippen molar-refractivity contribution in [2.45, 2.75) is 44.6 Å². The van der Waals surface area contributed by atoms with Gasteiger partial charge in [0.15, 0.2) is 11.7 Å². The number of benzene rings is 2. The first kappa shape index (κ1) is 21.1. The highest BCUT2D eigenvalue weighted by Gasteiger charge is 2.27. The van der Waals surface area contributed by atoms with Crippen molar-refractivity contribution < 1.29 is 18.3 Å². The summed E-state index contributed by atoms with van der Waals surface area (Å²) in [4.78, 5) is 19.4. The van der Waals surface area contributed by atoms with Gasteiger partial charge in [-0.25, -0.2) is 9.37 Å². The molecule has 0 bridgehead atoms. The molecule has 0 radical (unpaired) electrons. The minimum Gasteiger partial charge on any atom is -0.497 e. The number of ether oxygens (including phenoxy) is 1. The molecule has 1 aromatic heterocycles. The summed E-state index contributed by atoms with van der Waals surface area (Å²) >= 11 is 0. The summed E-state index contributed by atoms with van der Waals surface area (Å²) in [5, 5.41) is 0. The Morgan fingerprint density at radius 1 is 1.16 bits per heavy atom. The van der Waals surface area contributed by atoms with Gasteiger partial charge in [-0.1, -0.05) is 37.1 Å². The van der Waals surface area contributed by atoms with E-state index in [1.165, 1.54) is 12.3 Å². The van der Waals surface area contributed by atoms with Crippen molar-refractivity contribution >= 4 is 5.91 Å². The fraction of sp³-hybridized carbons (Fsp3) is 0.360. The summed E-state index contributed by atoms with van der Waals surface area (Å²) in [6.45, 7) is 0.752. The largest absolute Gasteiger partial charge is 0.497 e. The Morgan fingerprint density at radius 2 is 1.97 bits per heavy atom. The van der Waals surface area contributed by atoms with Crippen molar-refractivity contribution in [1.82, 2.24) is 9.88 Å². The second-order valence-electron chi connectivity index (χ2n) is 7.82. The summed E-state index contributed by atoms with van der Waals surface area (Å²) < 4.78 is 25.0. The summed E-state index contributed by atoms with van der Waals surface area (Å²) in [6, 6.07) is 14.5. The molecule has 1 aliphatic heterocycles. The maximum atomic E-state index is 14.0. The van der Waals surface area contributed by atoms with Gasteiger partial charge in [-0.3, -0.25) is 4.79 Å². The molecule has 2 heterocycles. The van der Waals surface area contributed by atoms with E-state index in [0.29, 0.717) is 30.1 Å². The molecular weight excluding hydrogens is 395 g/mol. The van der Waals surface area contributed by atoms with E-state index < -0.39 is 0 Å². The fourth-order valence-corrected chi connectivity index (χ4v) is 4.15. The number of hydrogen-bond acceptors (Lipinski definition) is 4. The molecule has 0 spiro atoms. The third-order valence-electron chi connectivity index (χ3n) is 5.82. The lowest BCUT2D eigenvalue weighted by molar-refractivity contribution is -0.133. The summed E-state index contributed by atoms with van der Waals surface area (Å²) in [5.74, 6) is 1.38. The minimum atomic E-state index is -0.354. The number of carbonyl (C=O) groups excluding carboxylic acids is 1. The maximum absolute atomic E-state index is 14.0. The van der Waals surface area contributed by atoms with Crippen LogP contribution in [0.5, 0.6) is 5.75 Å². The number of methoxy groups -OCH3 is 1. The third kappa shape index (κ3) is 4.95. The van der Waals surface area contributed by atoms with Gasteiger partial charge < -0.3 is 14.1 Å². The van der Waals surface area contributed by atoms with E-state index >= 15 is 0 Å². The Hall–Kier alpha value is -3.15. The first-order valence-electron chi connectivity index (χ1n) is 10.8. The average molecular weight is 423 g/mol. The second-order valence-corrected chi connectivity index (χ2v) is 7.82. The monoisotopic (exact) mass is 422 g/mol. The molecule has 31 heavy (non-hydrogen) atoms. The molecule has 2 aromatic carbocycles. The first-order chi connectivity index (χ1) is 15.2. The molecule has 6 heteroatoms. The van der Waals surface area contributed by atoms with Gasteiger partial charge in [0, 0.05) is 19.4 Å². The van der Waals surface area contributed by atoms with Crippen LogP contribution in [0, 0.1) is 5.82 Å². The van der Waals surface area contributed by atoms with Crippen LogP contribution in [-0.4, -0.2) is 29.4 Å². The van der Waals surface area contributed by atoms with Crippen LogP contribution in [0.25, 0.3) is 11.3 Å². The average Bonchev–Trinajstić information content (AvgIpc) is 3.13. The zero-order valence-corrected chi connectivity index (χ0v) is 17.7. The highest BCUT2D eigenvalue weighted by molar-refractivity contribution is 5.77. The van der Waals surface area contributed by atoms with Gasteiger partial charge in [0.1, 0.15) is 11.6 Å². The topological polar surface area (TPSA) is 55.6 Å². The van der Waals surface area contributed by atoms with Crippen molar-refractivity contribution in [3.05, 3.63) is 72.0 Å². The number of likely N-dealkylation sites (tertiary alicyclic amines) is 1. The summed E-state index contributed by atoms with van der Waals surface area (Å²) in [6.07, 6.45) is 6.41. The van der Waals surface area contributed by atoms with E-state index in [-0.39, 0.29) is 17.8 Å². The lowest BCUT2D eigenvalue weighted by Gasteiger charge is -2.30. The number of halogens is 1. The number of carbonyl (C=O) groups is 1. The zero-order valence-electron chi connectivity index (χ0n) is 17.7. The number of hydrogen-bond donors (Lipinski definition) is 0. The van der Waals surface area contributed by atoms with Crippen molar-refractivity contribution in [3.8, 4) is 17.1 Å². The number of amides is 1. The normalized spacial score (nSPS) is 16.7. The quantitative estimate of drug-likeness (QED) is 0.521. The number of oxazole rings is 1. The predicted molar refractivity (Wildman–Crippen MR) is 116 cm³/mol. The third-order valence-corrected chi connectivity index (χ3v) is 5.82. The summed E-state index contributed by atoms with van der Waals surface area (Å²) in [5.41, 5.74) is 1.51. The molecular formula is C25H27FN2O3. The Morgan fingerprint density at radius 3 is 2.74 bits per heavy atom. The van der Waals surface area contributed by atoms with E-state index in [4.69, 9.17) is 9.15 Å². The standard InChI is InChI=1S/C25H27FN2O3/c1-30-19-12-10-18(11-13-19)22-9-3-2-6-16-28(22)25(29)15-14-24-27-17-23(31-24)20-7-4-5-8-21(20)26/h4-5,7-8,10-13,17,22H,2-3,6,9,14-16H2,1H3. The van der Waals surface area contributed by atoms with Crippen LogP contribution in [0.1, 0.15) is 49.6 Å². The highest BCUT2D eigenvalue weighted by atomic mass is 19.1. The molecule has 0 N–H and O–H groups in total. The smallest absolute Gasteiger partial charge is 0.223 e. The lowest BCUT2D eigenvalue weighted by Crippen LogP contribution is -2.35. The van der Waals surface area contributed by atoms with Gasteiger partial charge in [-0.05, 0) is 42.7 Å². The Kier molecular flexibility index (Phi) is 6.65. The summed E-state index contributed by atoms with van der Waals surface area (Å²) in [7, 11) is 1.65. The van der Waals surface area contributed by atoms with Gasteiger partial charge >= 0.3 is 0 Å². The number of nitrogens with zero attached hydrogens (tertiary/aromatic N) is 2. The molecule has 1 unspecified atom stereocenters. The van der Waals surface area contributed by atoms with Crippen molar-refractivity contribution in [2.75, 3.05) is 13.7 Å². The Balaban J connectivity index is 1.44. The number of rotatable bonds is 6. The van der Waals surface area contributed by atoms with Crippen LogP contribution in [-0.2, 0) is 11.2 Å². The SMILES string of the molecule is COc1ccc(C2CCCCCN2C(=O)CCc2ncc(-c3ccccc3F)o2)cc1. The van der Waals surface area contributed by atoms with E-state index in [2.05, 4.69) is 4.98 Å². The van der Waals surface area contributed by atoms with Gasteiger partial charge in [0.05, 0.1) is 24.9 Å². The van der Waals surface area contributed by atoms with Gasteiger partial charge in [-0.2, -0.15) is 0 Å². The lowest BCUT2D eigenvalue weighted by atomic mass is 10.00. The maximum Gasteiger partial charge on any atom is 0.223 e. The zero-order chi connectivity index (χ0) is 21.6. The molecule has 3 aromatic rings. The van der Waals surface area contributed by atoms with Crippen LogP contribution in [0.15, 0.2) is 59.1 Å². The van der Waals surface area contributed by atoms with Crippen LogP contribution in [0.3, 0.4) is 0 Å². The molecule has 162 valence electrons. The van der Waals surface area contributed by atoms with Crippen LogP contribution >= 0.6 is 0 Å². The van der Waals surface area contributed by atoms with Crippen LogP contribution < -0.4 is 4.74 Å². The highest BCUT2D eigenvalue weighted by Crippen LogP contribution is 2.32. The van der Waals surface area contributed by atoms with Crippen molar-refractivity contribution in [3.63, 3.8) is 0 Å². The Labute approximate surface area is 181 Å². The van der Waals surface area contributed by atoms with E-state index in [1.807, 2.05) is 29.2 Å². The second kappa shape index (κ2) is 9.77. The fourth-order valence-electron chi connectivity index (χ4n) is 4.15. The molecule has 0 saturated carbocycles. The van der Waals surface area contributed by atoms with Gasteiger partial charge in [0.2, 0.25) is 5.91 Å². The van der Waals surface area contributed by atoms with E-state index in [9.17, 15) is 9.18 Å². The van der Waals surface area contributed by atoms with Crippen molar-refractivity contribution in [1.29, 1.82) is 0 Å². The minimum absolute atomic E-state index is 0.0689. The van der Waals surface area contributed by atoms with Crippen LogP contribution in [0.2, 0.25) is 0 Å². The molecule has 1 fully saturated rings.